The molecule has 1 atom stereocenters. The van der Waals surface area contributed by atoms with Crippen LogP contribution in [0.5, 0.6) is 11.5 Å². The zero-order valence-corrected chi connectivity index (χ0v) is 15.2. The highest BCUT2D eigenvalue weighted by molar-refractivity contribution is 6.33. The molecule has 1 N–H and O–H groups in total. The second-order valence-corrected chi connectivity index (χ2v) is 6.37. The summed E-state index contributed by atoms with van der Waals surface area (Å²) < 4.78 is 12.4. The standard InChI is InChI=1S/C18H16ClN5O3/c1-26-17-9-15(24-10-20-22-23-24)13(19)8-12(17)18(25)21-14-6-7-27-16-5-3-2-4-11(14)16/h2-5,8-10,14H,6-7H2,1H3,(H,21,25)/t14-/m1/s1. The summed E-state index contributed by atoms with van der Waals surface area (Å²) in [6.45, 7) is 0.540. The Morgan fingerprint density at radius 1 is 1.37 bits per heavy atom. The molecular formula is C18H16ClN5O3. The van der Waals surface area contributed by atoms with Crippen molar-refractivity contribution in [2.75, 3.05) is 13.7 Å². The number of hydrogen-bond donors (Lipinski definition) is 1. The Labute approximate surface area is 160 Å². The second-order valence-electron chi connectivity index (χ2n) is 5.96. The van der Waals surface area contributed by atoms with Crippen LogP contribution in [0.3, 0.4) is 0 Å². The Morgan fingerprint density at radius 3 is 3.00 bits per heavy atom. The van der Waals surface area contributed by atoms with Gasteiger partial charge in [0.25, 0.3) is 5.91 Å². The minimum absolute atomic E-state index is 0.148. The van der Waals surface area contributed by atoms with Gasteiger partial charge in [-0.1, -0.05) is 29.8 Å². The lowest BCUT2D eigenvalue weighted by atomic mass is 10.00. The first kappa shape index (κ1) is 17.3. The average molecular weight is 386 g/mol. The van der Waals surface area contributed by atoms with Crippen LogP contribution in [0.25, 0.3) is 5.69 Å². The Bertz CT molecular complexity index is 977. The smallest absolute Gasteiger partial charge is 0.255 e. The summed E-state index contributed by atoms with van der Waals surface area (Å²) in [5.41, 5.74) is 1.81. The van der Waals surface area contributed by atoms with Gasteiger partial charge in [0.2, 0.25) is 0 Å². The second kappa shape index (κ2) is 7.24. The van der Waals surface area contributed by atoms with Crippen LogP contribution in [-0.2, 0) is 0 Å². The van der Waals surface area contributed by atoms with Gasteiger partial charge in [0, 0.05) is 18.1 Å². The summed E-state index contributed by atoms with van der Waals surface area (Å²) in [5.74, 6) is 0.884. The number of aromatic nitrogens is 4. The SMILES string of the molecule is COc1cc(-n2cnnn2)c(Cl)cc1C(=O)N[C@@H]1CCOc2ccccc21. The number of nitrogens with one attached hydrogen (secondary N) is 1. The fourth-order valence-corrected chi connectivity index (χ4v) is 3.31. The monoisotopic (exact) mass is 385 g/mol. The molecule has 1 aliphatic heterocycles. The summed E-state index contributed by atoms with van der Waals surface area (Å²) in [6.07, 6.45) is 2.10. The Morgan fingerprint density at radius 2 is 2.22 bits per heavy atom. The van der Waals surface area contributed by atoms with Gasteiger partial charge in [0.15, 0.2) is 0 Å². The number of rotatable bonds is 4. The van der Waals surface area contributed by atoms with E-state index in [2.05, 4.69) is 20.8 Å². The third-order valence-corrected chi connectivity index (χ3v) is 4.68. The summed E-state index contributed by atoms with van der Waals surface area (Å²) >= 11 is 6.35. The van der Waals surface area contributed by atoms with Crippen LogP contribution in [0.1, 0.15) is 28.4 Å². The number of ether oxygens (including phenoxy) is 2. The lowest BCUT2D eigenvalue weighted by molar-refractivity contribution is 0.0921. The molecular weight excluding hydrogens is 370 g/mol. The van der Waals surface area contributed by atoms with E-state index in [1.54, 1.807) is 12.1 Å². The zero-order chi connectivity index (χ0) is 18.8. The van der Waals surface area contributed by atoms with Crippen LogP contribution in [0.2, 0.25) is 5.02 Å². The summed E-state index contributed by atoms with van der Waals surface area (Å²) in [5, 5.41) is 14.4. The van der Waals surface area contributed by atoms with Crippen LogP contribution in [0.4, 0.5) is 0 Å². The van der Waals surface area contributed by atoms with Gasteiger partial charge in [-0.05, 0) is 22.6 Å². The molecule has 0 aliphatic carbocycles. The maximum absolute atomic E-state index is 12.9. The van der Waals surface area contributed by atoms with E-state index < -0.39 is 0 Å². The van der Waals surface area contributed by atoms with Crippen LogP contribution >= 0.6 is 11.6 Å². The molecule has 0 bridgehead atoms. The van der Waals surface area contributed by atoms with Crippen molar-refractivity contribution < 1.29 is 14.3 Å². The number of fused-ring (bicyclic) bond motifs is 1. The lowest BCUT2D eigenvalue weighted by Crippen LogP contribution is -2.32. The third-order valence-electron chi connectivity index (χ3n) is 4.37. The van der Waals surface area contributed by atoms with E-state index in [0.29, 0.717) is 35.1 Å². The topological polar surface area (TPSA) is 91.2 Å². The molecule has 4 rings (SSSR count). The van der Waals surface area contributed by atoms with Gasteiger partial charge < -0.3 is 14.8 Å². The molecule has 138 valence electrons. The van der Waals surface area contributed by atoms with Gasteiger partial charge in [-0.15, -0.1) is 5.10 Å². The predicted molar refractivity (Wildman–Crippen MR) is 97.5 cm³/mol. The van der Waals surface area contributed by atoms with E-state index in [1.807, 2.05) is 24.3 Å². The van der Waals surface area contributed by atoms with E-state index in [1.165, 1.54) is 18.1 Å². The molecule has 27 heavy (non-hydrogen) atoms. The zero-order valence-electron chi connectivity index (χ0n) is 14.4. The van der Waals surface area contributed by atoms with Crippen molar-refractivity contribution in [1.29, 1.82) is 0 Å². The van der Waals surface area contributed by atoms with Crippen molar-refractivity contribution in [1.82, 2.24) is 25.5 Å². The van der Waals surface area contributed by atoms with Crippen molar-refractivity contribution >= 4 is 17.5 Å². The number of carbonyl (C=O) groups is 1. The number of para-hydroxylation sites is 1. The third kappa shape index (κ3) is 3.31. The molecule has 2 heterocycles. The fourth-order valence-electron chi connectivity index (χ4n) is 3.06. The van der Waals surface area contributed by atoms with Crippen molar-refractivity contribution in [2.24, 2.45) is 0 Å². The minimum Gasteiger partial charge on any atom is -0.496 e. The average Bonchev–Trinajstić information content (AvgIpc) is 3.22. The van der Waals surface area contributed by atoms with E-state index in [4.69, 9.17) is 21.1 Å². The summed E-state index contributed by atoms with van der Waals surface area (Å²) in [6, 6.07) is 10.7. The number of carbonyl (C=O) groups excluding carboxylic acids is 1. The number of hydrogen-bond acceptors (Lipinski definition) is 6. The van der Waals surface area contributed by atoms with Gasteiger partial charge in [0.05, 0.1) is 36.0 Å². The Kier molecular flexibility index (Phi) is 4.64. The Hall–Kier alpha value is -3.13. The summed E-state index contributed by atoms with van der Waals surface area (Å²) in [7, 11) is 1.49. The largest absolute Gasteiger partial charge is 0.496 e. The van der Waals surface area contributed by atoms with Crippen LogP contribution in [-0.4, -0.2) is 39.8 Å². The number of amides is 1. The first-order valence-electron chi connectivity index (χ1n) is 8.31. The number of halogens is 1. The molecule has 9 heteroatoms. The van der Waals surface area contributed by atoms with E-state index in [0.717, 1.165) is 11.3 Å². The van der Waals surface area contributed by atoms with Crippen LogP contribution in [0, 0.1) is 0 Å². The highest BCUT2D eigenvalue weighted by Crippen LogP contribution is 2.33. The number of methoxy groups -OCH3 is 1. The van der Waals surface area contributed by atoms with Crippen LogP contribution < -0.4 is 14.8 Å². The molecule has 0 radical (unpaired) electrons. The van der Waals surface area contributed by atoms with Gasteiger partial charge in [-0.25, -0.2) is 0 Å². The molecule has 2 aromatic carbocycles. The molecule has 0 spiro atoms. The van der Waals surface area contributed by atoms with Crippen molar-refractivity contribution in [3.8, 4) is 17.2 Å². The fraction of sp³-hybridized carbons (Fsp3) is 0.222. The summed E-state index contributed by atoms with van der Waals surface area (Å²) in [4.78, 5) is 12.9. The molecule has 0 saturated heterocycles. The molecule has 1 aliphatic rings. The number of tetrazole rings is 1. The molecule has 3 aromatic rings. The molecule has 1 aromatic heterocycles. The molecule has 0 unspecified atom stereocenters. The van der Waals surface area contributed by atoms with Crippen molar-refractivity contribution in [3.63, 3.8) is 0 Å². The maximum Gasteiger partial charge on any atom is 0.255 e. The van der Waals surface area contributed by atoms with Crippen molar-refractivity contribution in [3.05, 3.63) is 58.9 Å². The predicted octanol–water partition coefficient (Wildman–Crippen LogP) is 2.58. The van der Waals surface area contributed by atoms with Gasteiger partial charge in [-0.2, -0.15) is 4.68 Å². The Balaban J connectivity index is 1.64. The van der Waals surface area contributed by atoms with Crippen LogP contribution in [0.15, 0.2) is 42.7 Å². The molecule has 1 amide bonds. The highest BCUT2D eigenvalue weighted by Gasteiger charge is 2.25. The first-order valence-corrected chi connectivity index (χ1v) is 8.68. The normalized spacial score (nSPS) is 15.6. The first-order chi connectivity index (χ1) is 13.2. The quantitative estimate of drug-likeness (QED) is 0.742. The maximum atomic E-state index is 12.9. The molecule has 8 nitrogen and oxygen atoms in total. The molecule has 0 fully saturated rings. The highest BCUT2D eigenvalue weighted by atomic mass is 35.5. The number of benzene rings is 2. The minimum atomic E-state index is -0.279. The van der Waals surface area contributed by atoms with E-state index >= 15 is 0 Å². The number of nitrogens with zero attached hydrogens (tertiary/aromatic N) is 4. The van der Waals surface area contributed by atoms with Gasteiger partial charge in [-0.3, -0.25) is 4.79 Å². The van der Waals surface area contributed by atoms with E-state index in [9.17, 15) is 4.79 Å². The van der Waals surface area contributed by atoms with E-state index in [-0.39, 0.29) is 11.9 Å². The van der Waals surface area contributed by atoms with Gasteiger partial charge >= 0.3 is 0 Å². The van der Waals surface area contributed by atoms with Gasteiger partial charge in [0.1, 0.15) is 17.8 Å². The van der Waals surface area contributed by atoms with Crippen molar-refractivity contribution in [2.45, 2.75) is 12.5 Å². The lowest BCUT2D eigenvalue weighted by Gasteiger charge is -2.27. The molecule has 0 saturated carbocycles.